The molecule has 4 rings (SSSR count). The highest BCUT2D eigenvalue weighted by Crippen LogP contribution is 2.17. The Bertz CT molecular complexity index is 1320. The van der Waals surface area contributed by atoms with Gasteiger partial charge in [-0.05, 0) is 41.1 Å². The first-order valence-corrected chi connectivity index (χ1v) is 10.2. The smallest absolute Gasteiger partial charge is 0.289 e. The summed E-state index contributed by atoms with van der Waals surface area (Å²) < 4.78 is 2.81. The zero-order chi connectivity index (χ0) is 21.1. The zero-order valence-corrected chi connectivity index (χ0v) is 16.8. The maximum atomic E-state index is 13.2. The van der Waals surface area contributed by atoms with Crippen LogP contribution < -0.4 is 16.7 Å². The van der Waals surface area contributed by atoms with E-state index in [0.717, 1.165) is 11.1 Å². The molecule has 8 heteroatoms. The summed E-state index contributed by atoms with van der Waals surface area (Å²) in [5, 5.41) is 11.0. The van der Waals surface area contributed by atoms with E-state index >= 15 is 0 Å². The number of para-hydroxylation sites is 1. The number of rotatable bonds is 6. The van der Waals surface area contributed by atoms with Gasteiger partial charge >= 0.3 is 5.69 Å². The van der Waals surface area contributed by atoms with Crippen molar-refractivity contribution in [2.45, 2.75) is 19.5 Å². The molecule has 0 bridgehead atoms. The van der Waals surface area contributed by atoms with E-state index in [0.29, 0.717) is 22.2 Å². The van der Waals surface area contributed by atoms with Gasteiger partial charge in [0.1, 0.15) is 0 Å². The molecule has 7 nitrogen and oxygen atoms in total. The van der Waals surface area contributed by atoms with E-state index in [-0.39, 0.29) is 18.6 Å². The number of hydrogen-bond acceptors (Lipinski definition) is 5. The van der Waals surface area contributed by atoms with E-state index in [1.165, 1.54) is 15.9 Å². The third-order valence-corrected chi connectivity index (χ3v) is 5.90. The Morgan fingerprint density at radius 2 is 1.70 bits per heavy atom. The summed E-state index contributed by atoms with van der Waals surface area (Å²) in [6.07, 6.45) is 0.563. The van der Waals surface area contributed by atoms with E-state index in [1.807, 2.05) is 30.3 Å². The van der Waals surface area contributed by atoms with Crippen molar-refractivity contribution in [3.05, 3.63) is 103 Å². The molecule has 30 heavy (non-hydrogen) atoms. The number of aryl methyl sites for hydroxylation is 1. The number of fused-ring (bicyclic) bond motifs is 1. The van der Waals surface area contributed by atoms with E-state index in [4.69, 9.17) is 5.21 Å². The molecule has 2 aromatic heterocycles. The van der Waals surface area contributed by atoms with Crippen molar-refractivity contribution in [2.75, 3.05) is 0 Å². The van der Waals surface area contributed by atoms with E-state index in [1.54, 1.807) is 45.8 Å². The van der Waals surface area contributed by atoms with Crippen LogP contribution in [-0.2, 0) is 19.5 Å². The standard InChI is InChI=1S/C22H19N3O4S/c26-20(23-29)19-12-16(14-30-19)13-25-18-9-5-4-8-17(18)21(27)24(22(25)28)11-10-15-6-2-1-3-7-15/h1-9,12,14,29H,10-11,13H2,(H,23,26). The van der Waals surface area contributed by atoms with Crippen LogP contribution in [0.2, 0.25) is 0 Å². The first kappa shape index (κ1) is 19.8. The lowest BCUT2D eigenvalue weighted by Gasteiger charge is -2.14. The normalized spacial score (nSPS) is 11.0. The van der Waals surface area contributed by atoms with E-state index in [9.17, 15) is 14.4 Å². The van der Waals surface area contributed by atoms with Crippen LogP contribution in [0.25, 0.3) is 10.9 Å². The summed E-state index contributed by atoms with van der Waals surface area (Å²) in [6.45, 7) is 0.481. The molecule has 0 atom stereocenters. The number of carbonyl (C=O) groups excluding carboxylic acids is 1. The molecular formula is C22H19N3O4S. The van der Waals surface area contributed by atoms with Gasteiger partial charge in [-0.3, -0.25) is 23.9 Å². The SMILES string of the molecule is O=C(NO)c1cc(Cn2c(=O)n(CCc3ccccc3)c(=O)c3ccccc32)cs1. The van der Waals surface area contributed by atoms with Crippen LogP contribution in [0, 0.1) is 0 Å². The number of hydrogen-bond donors (Lipinski definition) is 2. The van der Waals surface area contributed by atoms with Crippen LogP contribution in [0.15, 0.2) is 75.6 Å². The lowest BCUT2D eigenvalue weighted by molar-refractivity contribution is 0.0711. The highest BCUT2D eigenvalue weighted by atomic mass is 32.1. The molecule has 2 N–H and O–H groups in total. The number of benzene rings is 2. The van der Waals surface area contributed by atoms with Crippen molar-refractivity contribution in [3.8, 4) is 0 Å². The van der Waals surface area contributed by atoms with Gasteiger partial charge in [0.2, 0.25) is 0 Å². The van der Waals surface area contributed by atoms with Crippen molar-refractivity contribution >= 4 is 28.1 Å². The summed E-state index contributed by atoms with van der Waals surface area (Å²) in [6, 6.07) is 18.3. The Kier molecular flexibility index (Phi) is 5.60. The van der Waals surface area contributed by atoms with Crippen LogP contribution in [0.3, 0.4) is 0 Å². The molecule has 0 fully saturated rings. The predicted octanol–water partition coefficient (Wildman–Crippen LogP) is 2.63. The Morgan fingerprint density at radius 3 is 2.47 bits per heavy atom. The van der Waals surface area contributed by atoms with Crippen molar-refractivity contribution < 1.29 is 10.0 Å². The van der Waals surface area contributed by atoms with Crippen molar-refractivity contribution in [2.24, 2.45) is 0 Å². The Balaban J connectivity index is 1.76. The van der Waals surface area contributed by atoms with Crippen LogP contribution >= 0.6 is 11.3 Å². The van der Waals surface area contributed by atoms with Crippen LogP contribution in [-0.4, -0.2) is 20.2 Å². The molecular weight excluding hydrogens is 402 g/mol. The maximum absolute atomic E-state index is 13.2. The summed E-state index contributed by atoms with van der Waals surface area (Å²) in [5.74, 6) is -0.601. The first-order chi connectivity index (χ1) is 14.6. The molecule has 0 spiro atoms. The molecule has 152 valence electrons. The number of nitrogens with zero attached hydrogens (tertiary/aromatic N) is 2. The Morgan fingerprint density at radius 1 is 0.967 bits per heavy atom. The second-order valence-corrected chi connectivity index (χ2v) is 7.75. The molecule has 0 aliphatic carbocycles. The van der Waals surface area contributed by atoms with E-state index < -0.39 is 11.6 Å². The molecule has 0 unspecified atom stereocenters. The third-order valence-electron chi connectivity index (χ3n) is 4.92. The minimum absolute atomic E-state index is 0.209. The highest BCUT2D eigenvalue weighted by molar-refractivity contribution is 7.12. The minimum atomic E-state index is -0.601. The second kappa shape index (κ2) is 8.48. The summed E-state index contributed by atoms with van der Waals surface area (Å²) in [4.78, 5) is 38.2. The number of aromatic nitrogens is 2. The number of thiophene rings is 1. The largest absolute Gasteiger partial charge is 0.331 e. The van der Waals surface area contributed by atoms with Gasteiger partial charge in [-0.1, -0.05) is 42.5 Å². The van der Waals surface area contributed by atoms with Gasteiger partial charge in [-0.15, -0.1) is 11.3 Å². The number of amides is 1. The molecule has 2 heterocycles. The summed E-state index contributed by atoms with van der Waals surface area (Å²) >= 11 is 1.17. The molecule has 2 aromatic carbocycles. The van der Waals surface area contributed by atoms with Crippen LogP contribution in [0.1, 0.15) is 20.8 Å². The van der Waals surface area contributed by atoms with Gasteiger partial charge in [0.25, 0.3) is 11.5 Å². The predicted molar refractivity (Wildman–Crippen MR) is 115 cm³/mol. The van der Waals surface area contributed by atoms with Gasteiger partial charge in [-0.25, -0.2) is 10.3 Å². The first-order valence-electron chi connectivity index (χ1n) is 9.36. The average Bonchev–Trinajstić information content (AvgIpc) is 3.25. The van der Waals surface area contributed by atoms with Gasteiger partial charge in [-0.2, -0.15) is 0 Å². The number of hydroxylamine groups is 1. The molecule has 0 aliphatic rings. The van der Waals surface area contributed by atoms with E-state index in [2.05, 4.69) is 0 Å². The van der Waals surface area contributed by atoms with Gasteiger partial charge in [0.15, 0.2) is 0 Å². The lowest BCUT2D eigenvalue weighted by Crippen LogP contribution is -2.40. The Labute approximate surface area is 175 Å². The molecule has 4 aromatic rings. The minimum Gasteiger partial charge on any atom is -0.289 e. The average molecular weight is 421 g/mol. The van der Waals surface area contributed by atoms with Gasteiger partial charge < -0.3 is 0 Å². The van der Waals surface area contributed by atoms with Crippen molar-refractivity contribution in [3.63, 3.8) is 0 Å². The summed E-state index contributed by atoms with van der Waals surface area (Å²) in [7, 11) is 0. The van der Waals surface area contributed by atoms with Gasteiger partial charge in [0.05, 0.1) is 22.3 Å². The fourth-order valence-corrected chi connectivity index (χ4v) is 4.21. The topological polar surface area (TPSA) is 93.3 Å². The molecule has 0 saturated heterocycles. The molecule has 0 aliphatic heterocycles. The number of nitrogens with one attached hydrogen (secondary N) is 1. The fraction of sp³-hybridized carbons (Fsp3) is 0.136. The quantitative estimate of drug-likeness (QED) is 0.370. The summed E-state index contributed by atoms with van der Waals surface area (Å²) in [5.41, 5.74) is 3.22. The lowest BCUT2D eigenvalue weighted by atomic mass is 10.1. The zero-order valence-electron chi connectivity index (χ0n) is 15.9. The molecule has 0 saturated carbocycles. The van der Waals surface area contributed by atoms with Crippen LogP contribution in [0.5, 0.6) is 0 Å². The monoisotopic (exact) mass is 421 g/mol. The molecule has 0 radical (unpaired) electrons. The number of carbonyl (C=O) groups is 1. The Hall–Kier alpha value is -3.49. The van der Waals surface area contributed by atoms with Gasteiger partial charge in [0, 0.05) is 6.54 Å². The van der Waals surface area contributed by atoms with Crippen molar-refractivity contribution in [1.82, 2.24) is 14.6 Å². The maximum Gasteiger partial charge on any atom is 0.331 e. The molecule has 1 amide bonds. The van der Waals surface area contributed by atoms with Crippen LogP contribution in [0.4, 0.5) is 0 Å². The van der Waals surface area contributed by atoms with Crippen molar-refractivity contribution in [1.29, 1.82) is 0 Å². The second-order valence-electron chi connectivity index (χ2n) is 6.84. The third kappa shape index (κ3) is 3.83. The highest BCUT2D eigenvalue weighted by Gasteiger charge is 2.15. The fourth-order valence-electron chi connectivity index (χ4n) is 3.42.